The Morgan fingerprint density at radius 2 is 0.833 bits per heavy atom. The monoisotopic (exact) mass is 124 g/mol. The van der Waals surface area contributed by atoms with Crippen LogP contribution in [0.3, 0.4) is 0 Å². The molecule has 6 heteroatoms. The Balaban J connectivity index is 0. The second kappa shape index (κ2) is 2.71. The maximum absolute atomic E-state index is 7.33. The minimum Gasteiger partial charge on any atom is -0.368 e. The van der Waals surface area contributed by atoms with Gasteiger partial charge in [0, 0.05) is 0 Å². The van der Waals surface area contributed by atoms with E-state index in [0.29, 0.717) is 0 Å². The highest BCUT2D eigenvalue weighted by Gasteiger charge is 2.22. The zero-order chi connectivity index (χ0) is 4.50. The van der Waals surface area contributed by atoms with E-state index >= 15 is 0 Å². The standard InChI is InChI=1S/Al.H4O4Si.H/c;1-5(2,3)4;/h;1-4H;. The first kappa shape index (κ1) is 9.77. The normalized spacial score (nSPS) is 10.0. The molecule has 0 rings (SSSR count). The summed E-state index contributed by atoms with van der Waals surface area (Å²) in [6.45, 7) is 0. The van der Waals surface area contributed by atoms with Crippen LogP contribution < -0.4 is 0 Å². The van der Waals surface area contributed by atoms with Crippen molar-refractivity contribution in [2.24, 2.45) is 0 Å². The van der Waals surface area contributed by atoms with Gasteiger partial charge in [-0.25, -0.2) is 0 Å². The molecule has 0 saturated heterocycles. The molecule has 0 amide bonds. The first-order valence-corrected chi connectivity index (χ1v) is 2.68. The molecule has 0 aliphatic carbocycles. The lowest BCUT2D eigenvalue weighted by Gasteiger charge is -1.91. The molecule has 0 fully saturated rings. The van der Waals surface area contributed by atoms with Crippen LogP contribution in [0.25, 0.3) is 0 Å². The van der Waals surface area contributed by atoms with E-state index in [4.69, 9.17) is 19.2 Å². The van der Waals surface area contributed by atoms with Gasteiger partial charge in [-0.2, -0.15) is 0 Å². The summed E-state index contributed by atoms with van der Waals surface area (Å²) in [5.41, 5.74) is 0. The zero-order valence-corrected chi connectivity index (χ0v) is 5.41. The van der Waals surface area contributed by atoms with E-state index in [1.165, 1.54) is 0 Å². The Morgan fingerprint density at radius 3 is 0.833 bits per heavy atom. The van der Waals surface area contributed by atoms with Crippen molar-refractivity contribution in [1.82, 2.24) is 0 Å². The lowest BCUT2D eigenvalue weighted by atomic mass is 15.7. The Labute approximate surface area is 46.3 Å². The fourth-order valence-corrected chi connectivity index (χ4v) is 0. The van der Waals surface area contributed by atoms with Crippen molar-refractivity contribution < 1.29 is 19.2 Å². The maximum atomic E-state index is 7.33. The molecule has 0 atom stereocenters. The Hall–Kier alpha value is 0.589. The van der Waals surface area contributed by atoms with Crippen LogP contribution in [-0.2, 0) is 0 Å². The summed E-state index contributed by atoms with van der Waals surface area (Å²) < 4.78 is 0. The Kier molecular flexibility index (Phi) is 4.42. The van der Waals surface area contributed by atoms with Crippen LogP contribution >= 0.6 is 0 Å². The fourth-order valence-electron chi connectivity index (χ4n) is 0. The predicted molar refractivity (Wildman–Crippen MR) is 21.8 cm³/mol. The minimum absolute atomic E-state index is 0. The average Bonchev–Trinajstić information content (AvgIpc) is 0.722. The average molecular weight is 124 g/mol. The van der Waals surface area contributed by atoms with Crippen molar-refractivity contribution in [2.45, 2.75) is 0 Å². The molecule has 36 valence electrons. The van der Waals surface area contributed by atoms with Gasteiger partial charge in [-0.1, -0.05) is 0 Å². The molecule has 4 N–H and O–H groups in total. The van der Waals surface area contributed by atoms with Gasteiger partial charge >= 0.3 is 9.05 Å². The van der Waals surface area contributed by atoms with Gasteiger partial charge in [0.2, 0.25) is 0 Å². The summed E-state index contributed by atoms with van der Waals surface area (Å²) >= 11 is 0. The lowest BCUT2D eigenvalue weighted by molar-refractivity contribution is 0.117. The highest BCUT2D eigenvalue weighted by atomic mass is 28.4. The smallest absolute Gasteiger partial charge is 0.368 e. The molecule has 2 radical (unpaired) electrons. The van der Waals surface area contributed by atoms with Crippen molar-refractivity contribution in [3.05, 3.63) is 0 Å². The SMILES string of the molecule is O[Si](O)(O)O.[AlH]. The van der Waals surface area contributed by atoms with Crippen LogP contribution in [0.1, 0.15) is 0 Å². The molecule has 4 nitrogen and oxygen atoms in total. The third-order valence-corrected chi connectivity index (χ3v) is 0. The lowest BCUT2D eigenvalue weighted by Crippen LogP contribution is -2.33. The van der Waals surface area contributed by atoms with Gasteiger partial charge in [0.1, 0.15) is 0 Å². The molecule has 0 aliphatic rings. The van der Waals surface area contributed by atoms with Gasteiger partial charge in [-0.05, 0) is 0 Å². The van der Waals surface area contributed by atoms with Crippen LogP contribution in [0.2, 0.25) is 0 Å². The van der Waals surface area contributed by atoms with E-state index < -0.39 is 9.05 Å². The summed E-state index contributed by atoms with van der Waals surface area (Å²) in [7, 11) is -4.61. The number of hydrogen-bond donors (Lipinski definition) is 4. The molecule has 6 heavy (non-hydrogen) atoms. The van der Waals surface area contributed by atoms with E-state index in [9.17, 15) is 0 Å². The molecular weight excluding hydrogens is 119 g/mol. The van der Waals surface area contributed by atoms with Crippen LogP contribution in [0.4, 0.5) is 0 Å². The Morgan fingerprint density at radius 1 is 0.833 bits per heavy atom. The fraction of sp³-hybridized carbons (Fsp3) is 0. The van der Waals surface area contributed by atoms with Gasteiger partial charge in [0.25, 0.3) is 0 Å². The van der Waals surface area contributed by atoms with E-state index in [1.807, 2.05) is 0 Å². The van der Waals surface area contributed by atoms with Gasteiger partial charge in [0.15, 0.2) is 0 Å². The summed E-state index contributed by atoms with van der Waals surface area (Å²) in [6.07, 6.45) is 0. The molecule has 0 aromatic rings. The largest absolute Gasteiger partial charge is 0.668 e. The highest BCUT2D eigenvalue weighted by Crippen LogP contribution is 1.67. The molecule has 0 saturated carbocycles. The van der Waals surface area contributed by atoms with Crippen LogP contribution in [0.15, 0.2) is 0 Å². The Bertz CT molecular complexity index is 23.0. The molecule has 0 heterocycles. The van der Waals surface area contributed by atoms with Crippen molar-refractivity contribution in [3.8, 4) is 0 Å². The second-order valence-electron chi connectivity index (χ2n) is 0.600. The molecule has 0 spiro atoms. The van der Waals surface area contributed by atoms with E-state index in [1.54, 1.807) is 0 Å². The van der Waals surface area contributed by atoms with Gasteiger partial charge in [-0.15, -0.1) is 0 Å². The molecule has 0 aliphatic heterocycles. The maximum Gasteiger partial charge on any atom is 0.668 e. The first-order valence-electron chi connectivity index (χ1n) is 0.894. The predicted octanol–water partition coefficient (Wildman–Crippen LogP) is -3.26. The van der Waals surface area contributed by atoms with E-state index in [-0.39, 0.29) is 17.4 Å². The van der Waals surface area contributed by atoms with Crippen LogP contribution in [-0.4, -0.2) is 45.6 Å². The summed E-state index contributed by atoms with van der Waals surface area (Å²) in [5.74, 6) is 0. The highest BCUT2D eigenvalue weighted by molar-refractivity contribution is 6.46. The molecule has 0 aromatic heterocycles. The topological polar surface area (TPSA) is 80.9 Å². The van der Waals surface area contributed by atoms with Crippen LogP contribution in [0, 0.1) is 0 Å². The van der Waals surface area contributed by atoms with Crippen molar-refractivity contribution in [2.75, 3.05) is 0 Å². The van der Waals surface area contributed by atoms with Gasteiger partial charge in [0.05, 0.1) is 17.4 Å². The first-order chi connectivity index (χ1) is 2.00. The molecule has 0 aromatic carbocycles. The number of hydrogen-bond acceptors (Lipinski definition) is 4. The summed E-state index contributed by atoms with van der Waals surface area (Å²) in [4.78, 5) is 29.3. The third kappa shape index (κ3) is 170. The third-order valence-electron chi connectivity index (χ3n) is 0. The summed E-state index contributed by atoms with van der Waals surface area (Å²) in [5, 5.41) is 0. The van der Waals surface area contributed by atoms with Gasteiger partial charge < -0.3 is 19.2 Å². The van der Waals surface area contributed by atoms with E-state index in [0.717, 1.165) is 0 Å². The van der Waals surface area contributed by atoms with Crippen molar-refractivity contribution >= 4 is 26.4 Å². The molecule has 0 bridgehead atoms. The van der Waals surface area contributed by atoms with Crippen molar-refractivity contribution in [3.63, 3.8) is 0 Å². The summed E-state index contributed by atoms with van der Waals surface area (Å²) in [6, 6.07) is 0. The van der Waals surface area contributed by atoms with Crippen LogP contribution in [0.5, 0.6) is 0 Å². The molecular formula is H5AlO4Si. The van der Waals surface area contributed by atoms with E-state index in [2.05, 4.69) is 0 Å². The second-order valence-corrected chi connectivity index (χ2v) is 1.80. The molecule has 0 unspecified atom stereocenters. The quantitative estimate of drug-likeness (QED) is 0.256. The van der Waals surface area contributed by atoms with Crippen molar-refractivity contribution in [1.29, 1.82) is 0 Å². The zero-order valence-electron chi connectivity index (χ0n) is 3.00. The van der Waals surface area contributed by atoms with Gasteiger partial charge in [-0.3, -0.25) is 0 Å². The number of rotatable bonds is 0. The minimum atomic E-state index is -4.61.